The molecule has 0 bridgehead atoms. The first kappa shape index (κ1) is 13.7. The lowest BCUT2D eigenvalue weighted by molar-refractivity contribution is 0.0949. The number of nitrogens with zero attached hydrogens (tertiary/aromatic N) is 1. The Labute approximate surface area is 126 Å². The molecule has 0 aliphatic rings. The van der Waals surface area contributed by atoms with E-state index in [1.165, 1.54) is 0 Å². The average Bonchev–Trinajstić information content (AvgIpc) is 3.13. The Morgan fingerprint density at radius 2 is 2.29 bits per heavy atom. The van der Waals surface area contributed by atoms with E-state index < -0.39 is 0 Å². The fraction of sp³-hybridized carbons (Fsp3) is 0.200. The Morgan fingerprint density at radius 3 is 3.10 bits per heavy atom. The van der Waals surface area contributed by atoms with Crippen molar-refractivity contribution in [1.29, 1.82) is 0 Å². The van der Waals surface area contributed by atoms with E-state index in [4.69, 9.17) is 11.6 Å². The Kier molecular flexibility index (Phi) is 3.66. The van der Waals surface area contributed by atoms with Crippen LogP contribution in [0.4, 0.5) is 0 Å². The van der Waals surface area contributed by atoms with Gasteiger partial charge in [-0.25, -0.2) is 4.98 Å². The van der Waals surface area contributed by atoms with Gasteiger partial charge >= 0.3 is 0 Å². The highest BCUT2D eigenvalue weighted by atomic mass is 35.5. The summed E-state index contributed by atoms with van der Waals surface area (Å²) in [6, 6.07) is 3.73. The number of pyridine rings is 1. The highest BCUT2D eigenvalue weighted by Gasteiger charge is 2.14. The fourth-order valence-electron chi connectivity index (χ4n) is 2.28. The molecule has 3 rings (SSSR count). The van der Waals surface area contributed by atoms with E-state index in [0.717, 1.165) is 28.6 Å². The largest absolute Gasteiger partial charge is 0.357 e. The van der Waals surface area contributed by atoms with Gasteiger partial charge in [0.05, 0.1) is 5.02 Å². The van der Waals surface area contributed by atoms with Crippen LogP contribution in [-0.4, -0.2) is 27.4 Å². The van der Waals surface area contributed by atoms with Gasteiger partial charge in [-0.05, 0) is 18.6 Å². The maximum Gasteiger partial charge on any atom is 0.267 e. The van der Waals surface area contributed by atoms with Gasteiger partial charge in [-0.15, -0.1) is 0 Å². The van der Waals surface area contributed by atoms with Crippen LogP contribution in [0.25, 0.3) is 22.2 Å². The molecule has 0 spiro atoms. The van der Waals surface area contributed by atoms with Crippen molar-refractivity contribution in [3.05, 3.63) is 41.4 Å². The van der Waals surface area contributed by atoms with Crippen LogP contribution >= 0.6 is 11.6 Å². The lowest BCUT2D eigenvalue weighted by Crippen LogP contribution is -2.24. The minimum atomic E-state index is -0.112. The monoisotopic (exact) mass is 302 g/mol. The zero-order valence-electron chi connectivity index (χ0n) is 11.5. The molecule has 0 fully saturated rings. The van der Waals surface area contributed by atoms with Crippen molar-refractivity contribution >= 4 is 28.5 Å². The fourth-order valence-corrected chi connectivity index (χ4v) is 2.54. The second-order valence-corrected chi connectivity index (χ2v) is 5.19. The number of halogens is 1. The first-order chi connectivity index (χ1) is 10.2. The van der Waals surface area contributed by atoms with Crippen molar-refractivity contribution in [2.75, 3.05) is 6.54 Å². The lowest BCUT2D eigenvalue weighted by Gasteiger charge is -2.03. The Morgan fingerprint density at radius 1 is 1.43 bits per heavy atom. The maximum atomic E-state index is 12.0. The van der Waals surface area contributed by atoms with Gasteiger partial charge in [0.15, 0.2) is 0 Å². The molecule has 0 aliphatic carbocycles. The van der Waals surface area contributed by atoms with Crippen molar-refractivity contribution in [3.63, 3.8) is 0 Å². The van der Waals surface area contributed by atoms with E-state index in [1.807, 2.05) is 19.2 Å². The highest BCUT2D eigenvalue weighted by Crippen LogP contribution is 2.34. The van der Waals surface area contributed by atoms with E-state index in [2.05, 4.69) is 20.3 Å². The van der Waals surface area contributed by atoms with Gasteiger partial charge in [0, 0.05) is 41.6 Å². The topological polar surface area (TPSA) is 73.6 Å². The summed E-state index contributed by atoms with van der Waals surface area (Å²) in [5, 5.41) is 4.33. The lowest BCUT2D eigenvalue weighted by atomic mass is 10.1. The van der Waals surface area contributed by atoms with Crippen molar-refractivity contribution in [2.24, 2.45) is 0 Å². The number of carbonyl (C=O) groups is 1. The third kappa shape index (κ3) is 2.52. The summed E-state index contributed by atoms with van der Waals surface area (Å²) < 4.78 is 0. The zero-order chi connectivity index (χ0) is 14.8. The van der Waals surface area contributed by atoms with Gasteiger partial charge in [-0.1, -0.05) is 18.5 Å². The van der Waals surface area contributed by atoms with Crippen molar-refractivity contribution in [2.45, 2.75) is 13.3 Å². The number of aromatic nitrogens is 3. The number of carbonyl (C=O) groups excluding carboxylic acids is 1. The number of rotatable bonds is 4. The van der Waals surface area contributed by atoms with Gasteiger partial charge in [-0.2, -0.15) is 0 Å². The van der Waals surface area contributed by atoms with Crippen molar-refractivity contribution < 1.29 is 4.79 Å². The molecule has 3 aromatic rings. The molecule has 3 heterocycles. The van der Waals surface area contributed by atoms with Gasteiger partial charge in [-0.3, -0.25) is 4.79 Å². The zero-order valence-corrected chi connectivity index (χ0v) is 12.3. The summed E-state index contributed by atoms with van der Waals surface area (Å²) in [6.07, 6.45) is 6.12. The summed E-state index contributed by atoms with van der Waals surface area (Å²) in [5.74, 6) is -0.112. The number of H-pyrrole nitrogens is 2. The minimum Gasteiger partial charge on any atom is -0.357 e. The Balaban J connectivity index is 2.00. The van der Waals surface area contributed by atoms with Crippen LogP contribution in [0.5, 0.6) is 0 Å². The molecule has 5 nitrogen and oxygen atoms in total. The van der Waals surface area contributed by atoms with Crippen LogP contribution < -0.4 is 5.32 Å². The first-order valence-electron chi connectivity index (χ1n) is 6.79. The number of amides is 1. The van der Waals surface area contributed by atoms with Crippen LogP contribution in [0.15, 0.2) is 30.7 Å². The van der Waals surface area contributed by atoms with Crippen LogP contribution in [0.3, 0.4) is 0 Å². The number of hydrogen-bond donors (Lipinski definition) is 3. The van der Waals surface area contributed by atoms with Crippen LogP contribution in [-0.2, 0) is 0 Å². The molecular formula is C15H15ClN4O. The van der Waals surface area contributed by atoms with Gasteiger partial charge in [0.2, 0.25) is 0 Å². The molecule has 6 heteroatoms. The highest BCUT2D eigenvalue weighted by molar-refractivity contribution is 6.34. The third-order valence-electron chi connectivity index (χ3n) is 3.29. The normalized spacial score (nSPS) is 11.0. The SMILES string of the molecule is CCCNC(=O)c1cc(-c2c(Cl)cnc3[nH]ccc23)c[nH]1. The van der Waals surface area contributed by atoms with E-state index in [1.54, 1.807) is 18.5 Å². The standard InChI is InChI=1S/C15H15ClN4O/c1-2-4-18-15(21)12-6-9(7-19-12)13-10-3-5-17-14(10)20-8-11(13)16/h3,5-8,19H,2,4H2,1H3,(H,17,20)(H,18,21). The molecule has 3 N–H and O–H groups in total. The summed E-state index contributed by atoms with van der Waals surface area (Å²) in [5.41, 5.74) is 3.03. The summed E-state index contributed by atoms with van der Waals surface area (Å²) in [7, 11) is 0. The quantitative estimate of drug-likeness (QED) is 0.691. The molecule has 3 aromatic heterocycles. The molecule has 1 amide bonds. The van der Waals surface area contributed by atoms with Crippen LogP contribution in [0.2, 0.25) is 5.02 Å². The van der Waals surface area contributed by atoms with E-state index in [9.17, 15) is 4.79 Å². The van der Waals surface area contributed by atoms with Crippen molar-refractivity contribution in [1.82, 2.24) is 20.3 Å². The molecule has 0 unspecified atom stereocenters. The molecule has 108 valence electrons. The minimum absolute atomic E-state index is 0.112. The van der Waals surface area contributed by atoms with E-state index in [0.29, 0.717) is 17.3 Å². The van der Waals surface area contributed by atoms with Crippen molar-refractivity contribution in [3.8, 4) is 11.1 Å². The number of aromatic amines is 2. The second kappa shape index (κ2) is 5.61. The van der Waals surface area contributed by atoms with Crippen LogP contribution in [0.1, 0.15) is 23.8 Å². The average molecular weight is 303 g/mol. The van der Waals surface area contributed by atoms with Gasteiger partial charge in [0.25, 0.3) is 5.91 Å². The Bertz CT molecular complexity index is 790. The predicted molar refractivity (Wildman–Crippen MR) is 83.5 cm³/mol. The summed E-state index contributed by atoms with van der Waals surface area (Å²) in [6.45, 7) is 2.67. The maximum absolute atomic E-state index is 12.0. The molecule has 21 heavy (non-hydrogen) atoms. The molecule has 0 atom stereocenters. The number of fused-ring (bicyclic) bond motifs is 1. The smallest absolute Gasteiger partial charge is 0.267 e. The van der Waals surface area contributed by atoms with E-state index >= 15 is 0 Å². The molecule has 0 saturated carbocycles. The molecule has 0 radical (unpaired) electrons. The second-order valence-electron chi connectivity index (χ2n) is 4.78. The molecule has 0 aromatic carbocycles. The Hall–Kier alpha value is -2.27. The van der Waals surface area contributed by atoms with Crippen LogP contribution in [0, 0.1) is 0 Å². The number of nitrogens with one attached hydrogen (secondary N) is 3. The summed E-state index contributed by atoms with van der Waals surface area (Å²) >= 11 is 6.28. The third-order valence-corrected chi connectivity index (χ3v) is 3.58. The van der Waals surface area contributed by atoms with Gasteiger partial charge in [0.1, 0.15) is 11.3 Å². The molecular weight excluding hydrogens is 288 g/mol. The van der Waals surface area contributed by atoms with E-state index in [-0.39, 0.29) is 5.91 Å². The first-order valence-corrected chi connectivity index (χ1v) is 7.17. The van der Waals surface area contributed by atoms with Gasteiger partial charge < -0.3 is 15.3 Å². The molecule has 0 aliphatic heterocycles. The number of hydrogen-bond acceptors (Lipinski definition) is 2. The summed E-state index contributed by atoms with van der Waals surface area (Å²) in [4.78, 5) is 22.2. The molecule has 0 saturated heterocycles. The predicted octanol–water partition coefficient (Wildman–Crippen LogP) is 3.35.